The number of phenols is 1. The van der Waals surface area contributed by atoms with Gasteiger partial charge in [0, 0.05) is 23.5 Å². The van der Waals surface area contributed by atoms with Gasteiger partial charge in [-0.1, -0.05) is 0 Å². The third kappa shape index (κ3) is 2.06. The van der Waals surface area contributed by atoms with Crippen LogP contribution in [0.4, 0.5) is 0 Å². The second-order valence-corrected chi connectivity index (χ2v) is 5.51. The highest BCUT2D eigenvalue weighted by Crippen LogP contribution is 2.31. The summed E-state index contributed by atoms with van der Waals surface area (Å²) in [6, 6.07) is 7.26. The van der Waals surface area contributed by atoms with E-state index < -0.39 is 0 Å². The Balaban J connectivity index is 1.97. The Morgan fingerprint density at radius 3 is 2.82 bits per heavy atom. The fourth-order valence-electron chi connectivity index (χ4n) is 2.06. The van der Waals surface area contributed by atoms with Crippen LogP contribution in [0.25, 0.3) is 10.6 Å². The van der Waals surface area contributed by atoms with Gasteiger partial charge in [-0.25, -0.2) is 4.98 Å². The lowest BCUT2D eigenvalue weighted by atomic mass is 10.2. The molecule has 0 saturated heterocycles. The second kappa shape index (κ2) is 4.13. The topological polar surface area (TPSA) is 36.4 Å². The summed E-state index contributed by atoms with van der Waals surface area (Å²) in [7, 11) is 2.13. The summed E-state index contributed by atoms with van der Waals surface area (Å²) in [4.78, 5) is 8.40. The van der Waals surface area contributed by atoms with Gasteiger partial charge in [0.25, 0.3) is 0 Å². The molecule has 1 aliphatic heterocycles. The first-order valence-corrected chi connectivity index (χ1v) is 6.50. The number of phenolic OH excluding ortho intramolecular Hbond substituents is 1. The molecule has 0 bridgehead atoms. The molecule has 0 fully saturated rings. The molecule has 1 aromatic heterocycles. The van der Waals surface area contributed by atoms with Gasteiger partial charge in [0.2, 0.25) is 0 Å². The summed E-state index contributed by atoms with van der Waals surface area (Å²) >= 11 is 1.78. The molecular formula is C13H14N2OS. The van der Waals surface area contributed by atoms with Gasteiger partial charge in [0.15, 0.2) is 0 Å². The van der Waals surface area contributed by atoms with E-state index in [-0.39, 0.29) is 0 Å². The predicted molar refractivity (Wildman–Crippen MR) is 69.3 cm³/mol. The first kappa shape index (κ1) is 10.7. The summed E-state index contributed by atoms with van der Waals surface area (Å²) in [5, 5.41) is 10.3. The molecule has 17 heavy (non-hydrogen) atoms. The molecule has 1 aliphatic rings. The van der Waals surface area contributed by atoms with Crippen molar-refractivity contribution in [3.8, 4) is 16.3 Å². The number of aromatic hydroxyl groups is 1. The average Bonchev–Trinajstić information content (AvgIpc) is 2.72. The molecule has 3 nitrogen and oxygen atoms in total. The Kier molecular flexibility index (Phi) is 2.61. The first-order valence-electron chi connectivity index (χ1n) is 5.69. The molecule has 0 saturated carbocycles. The molecule has 0 unspecified atom stereocenters. The number of hydrogen-bond donors (Lipinski definition) is 1. The first-order chi connectivity index (χ1) is 8.22. The molecule has 2 heterocycles. The molecule has 4 heteroatoms. The summed E-state index contributed by atoms with van der Waals surface area (Å²) in [5.41, 5.74) is 2.30. The molecule has 0 spiro atoms. The Morgan fingerprint density at radius 2 is 2.06 bits per heavy atom. The van der Waals surface area contributed by atoms with Gasteiger partial charge in [-0.2, -0.15) is 0 Å². The summed E-state index contributed by atoms with van der Waals surface area (Å²) < 4.78 is 0. The van der Waals surface area contributed by atoms with Gasteiger partial charge in [-0.05, 0) is 37.7 Å². The Labute approximate surface area is 104 Å². The van der Waals surface area contributed by atoms with Crippen molar-refractivity contribution < 1.29 is 5.11 Å². The van der Waals surface area contributed by atoms with Crippen LogP contribution in [0.2, 0.25) is 0 Å². The number of likely N-dealkylation sites (N-methyl/N-ethyl adjacent to an activating group) is 1. The van der Waals surface area contributed by atoms with Gasteiger partial charge in [-0.15, -0.1) is 11.3 Å². The van der Waals surface area contributed by atoms with Gasteiger partial charge >= 0.3 is 0 Å². The molecule has 0 atom stereocenters. The minimum atomic E-state index is 0.301. The zero-order valence-corrected chi connectivity index (χ0v) is 10.5. The second-order valence-electron chi connectivity index (χ2n) is 4.42. The smallest absolute Gasteiger partial charge is 0.123 e. The van der Waals surface area contributed by atoms with Gasteiger partial charge in [0.1, 0.15) is 10.8 Å². The van der Waals surface area contributed by atoms with E-state index in [0.29, 0.717) is 5.75 Å². The van der Waals surface area contributed by atoms with E-state index in [4.69, 9.17) is 4.98 Å². The van der Waals surface area contributed by atoms with Crippen LogP contribution in [0.3, 0.4) is 0 Å². The molecule has 3 rings (SSSR count). The third-order valence-electron chi connectivity index (χ3n) is 3.03. The van der Waals surface area contributed by atoms with E-state index in [1.54, 1.807) is 23.5 Å². The summed E-state index contributed by atoms with van der Waals surface area (Å²) in [5.74, 6) is 0.301. The van der Waals surface area contributed by atoms with Crippen molar-refractivity contribution in [3.63, 3.8) is 0 Å². The molecule has 0 amide bonds. The lowest BCUT2D eigenvalue weighted by Gasteiger charge is -2.20. The van der Waals surface area contributed by atoms with E-state index >= 15 is 0 Å². The number of fused-ring (bicyclic) bond motifs is 1. The van der Waals surface area contributed by atoms with Crippen LogP contribution < -0.4 is 0 Å². The maximum absolute atomic E-state index is 9.28. The van der Waals surface area contributed by atoms with Crippen LogP contribution in [0.15, 0.2) is 24.3 Å². The molecule has 1 aromatic carbocycles. The highest BCUT2D eigenvalue weighted by atomic mass is 32.1. The van der Waals surface area contributed by atoms with Crippen LogP contribution >= 0.6 is 11.3 Å². The number of thiazole rings is 1. The molecule has 1 N–H and O–H groups in total. The normalized spacial score (nSPS) is 15.8. The fraction of sp³-hybridized carbons (Fsp3) is 0.308. The minimum Gasteiger partial charge on any atom is -0.508 e. The van der Waals surface area contributed by atoms with E-state index in [0.717, 1.165) is 30.1 Å². The number of aromatic nitrogens is 1. The van der Waals surface area contributed by atoms with E-state index in [1.807, 2.05) is 12.1 Å². The van der Waals surface area contributed by atoms with Crippen molar-refractivity contribution in [3.05, 3.63) is 34.8 Å². The largest absolute Gasteiger partial charge is 0.508 e. The quantitative estimate of drug-likeness (QED) is 0.840. The molecule has 0 radical (unpaired) electrons. The van der Waals surface area contributed by atoms with Crippen LogP contribution in [-0.4, -0.2) is 28.6 Å². The highest BCUT2D eigenvalue weighted by Gasteiger charge is 2.18. The van der Waals surface area contributed by atoms with E-state index in [1.165, 1.54) is 10.6 Å². The maximum atomic E-state index is 9.28. The monoisotopic (exact) mass is 246 g/mol. The number of benzene rings is 1. The van der Waals surface area contributed by atoms with Gasteiger partial charge < -0.3 is 10.0 Å². The number of rotatable bonds is 1. The van der Waals surface area contributed by atoms with Crippen molar-refractivity contribution in [2.75, 3.05) is 13.6 Å². The van der Waals surface area contributed by atoms with Crippen molar-refractivity contribution in [1.82, 2.24) is 9.88 Å². The van der Waals surface area contributed by atoms with Crippen LogP contribution in [-0.2, 0) is 13.0 Å². The zero-order chi connectivity index (χ0) is 11.8. The van der Waals surface area contributed by atoms with E-state index in [2.05, 4.69) is 11.9 Å². The number of hydrogen-bond acceptors (Lipinski definition) is 4. The Bertz CT molecular complexity index is 533. The fourth-order valence-corrected chi connectivity index (χ4v) is 3.12. The molecule has 2 aromatic rings. The van der Waals surface area contributed by atoms with Crippen molar-refractivity contribution >= 4 is 11.3 Å². The van der Waals surface area contributed by atoms with Crippen molar-refractivity contribution in [2.45, 2.75) is 13.0 Å². The third-order valence-corrected chi connectivity index (χ3v) is 4.24. The predicted octanol–water partition coefficient (Wildman–Crippen LogP) is 2.50. The van der Waals surface area contributed by atoms with Gasteiger partial charge in [0.05, 0.1) is 5.69 Å². The molecule has 0 aliphatic carbocycles. The summed E-state index contributed by atoms with van der Waals surface area (Å²) in [6.07, 6.45) is 1.10. The Morgan fingerprint density at radius 1 is 1.29 bits per heavy atom. The van der Waals surface area contributed by atoms with Crippen LogP contribution in [0.1, 0.15) is 10.6 Å². The molecular weight excluding hydrogens is 232 g/mol. The molecule has 88 valence electrons. The van der Waals surface area contributed by atoms with Crippen LogP contribution in [0.5, 0.6) is 5.75 Å². The maximum Gasteiger partial charge on any atom is 0.123 e. The lowest BCUT2D eigenvalue weighted by Crippen LogP contribution is -2.25. The Hall–Kier alpha value is -1.39. The highest BCUT2D eigenvalue weighted by molar-refractivity contribution is 7.15. The SMILES string of the molecule is CN1CCc2sc(-c3ccc(O)cc3)nc2C1. The number of nitrogens with zero attached hydrogens (tertiary/aromatic N) is 2. The standard InChI is InChI=1S/C13H14N2OS/c1-15-7-6-12-11(8-15)14-13(17-12)9-2-4-10(16)5-3-9/h2-5,16H,6-8H2,1H3. The van der Waals surface area contributed by atoms with Crippen LogP contribution in [0, 0.1) is 0 Å². The van der Waals surface area contributed by atoms with Crippen molar-refractivity contribution in [1.29, 1.82) is 0 Å². The van der Waals surface area contributed by atoms with E-state index in [9.17, 15) is 5.11 Å². The zero-order valence-electron chi connectivity index (χ0n) is 9.68. The summed E-state index contributed by atoms with van der Waals surface area (Å²) in [6.45, 7) is 2.06. The van der Waals surface area contributed by atoms with Gasteiger partial charge in [-0.3, -0.25) is 0 Å². The average molecular weight is 246 g/mol. The van der Waals surface area contributed by atoms with Crippen molar-refractivity contribution in [2.24, 2.45) is 0 Å². The minimum absolute atomic E-state index is 0.301. The lowest BCUT2D eigenvalue weighted by molar-refractivity contribution is 0.311.